The molecule has 0 aliphatic rings. The number of carbonyl (C=O) groups is 2. The first-order valence-electron chi connectivity index (χ1n) is 11.8. The molecule has 0 aliphatic carbocycles. The molecule has 0 aromatic heterocycles. The lowest BCUT2D eigenvalue weighted by atomic mass is 9.85. The molecule has 1 aromatic carbocycles. The van der Waals surface area contributed by atoms with Crippen LogP contribution in [0.15, 0.2) is 6.07 Å². The number of carboxylic acid groups (broad SMARTS) is 2. The number of rotatable bonds is 14. The van der Waals surface area contributed by atoms with Crippen molar-refractivity contribution in [3.05, 3.63) is 33.9 Å². The first-order chi connectivity index (χ1) is 14.3. The molecule has 2 N–H and O–H groups in total. The van der Waals surface area contributed by atoms with E-state index in [0.717, 1.165) is 57.8 Å². The number of aliphatic carboxylic acids is 2. The minimum absolute atomic E-state index is 0.627. The summed E-state index contributed by atoms with van der Waals surface area (Å²) in [5.74, 6) is -1.43. The molecule has 0 heterocycles. The number of hydrogen-bond acceptors (Lipinski definition) is 2. The summed E-state index contributed by atoms with van der Waals surface area (Å²) in [6.45, 7) is 13.8. The van der Waals surface area contributed by atoms with Crippen molar-refractivity contribution in [2.75, 3.05) is 0 Å². The Bertz CT molecular complexity index is 759. The molecule has 0 unspecified atom stereocenters. The van der Waals surface area contributed by atoms with Gasteiger partial charge in [0.2, 0.25) is 0 Å². The molecule has 4 heteroatoms. The number of unbranched alkanes of at least 4 members (excludes halogenated alkanes) is 4. The number of hydrogen-bond donors (Lipinski definition) is 2. The van der Waals surface area contributed by atoms with Gasteiger partial charge in [-0.15, -0.1) is 0 Å². The second-order valence-corrected chi connectivity index (χ2v) is 10.6. The number of carboxylic acids is 2. The Morgan fingerprint density at radius 1 is 0.710 bits per heavy atom. The van der Waals surface area contributed by atoms with Gasteiger partial charge in [0.05, 0.1) is 10.8 Å². The summed E-state index contributed by atoms with van der Waals surface area (Å²) in [4.78, 5) is 22.5. The van der Waals surface area contributed by atoms with Crippen LogP contribution in [0.1, 0.15) is 107 Å². The molecule has 0 amide bonds. The fourth-order valence-corrected chi connectivity index (χ4v) is 4.14. The maximum absolute atomic E-state index is 11.3. The fraction of sp³-hybridized carbons (Fsp3) is 0.704. The summed E-state index contributed by atoms with van der Waals surface area (Å²) in [6, 6.07) is 2.31. The third-order valence-corrected chi connectivity index (χ3v) is 7.00. The van der Waals surface area contributed by atoms with Gasteiger partial charge in [0.25, 0.3) is 0 Å². The first-order valence-corrected chi connectivity index (χ1v) is 11.8. The SMILES string of the molecule is Cc1cc(CCCCC(C)(C)C(=O)O)c(C)c(CCCCCCC(C)(C)C(=O)O)c1C. The van der Waals surface area contributed by atoms with Crippen molar-refractivity contribution < 1.29 is 19.8 Å². The van der Waals surface area contributed by atoms with Crippen molar-refractivity contribution in [2.24, 2.45) is 10.8 Å². The zero-order chi connectivity index (χ0) is 23.8. The van der Waals surface area contributed by atoms with E-state index in [-0.39, 0.29) is 0 Å². The molecule has 1 rings (SSSR count). The van der Waals surface area contributed by atoms with Crippen LogP contribution >= 0.6 is 0 Å². The van der Waals surface area contributed by atoms with Crippen LogP contribution in [-0.4, -0.2) is 22.2 Å². The number of benzene rings is 1. The van der Waals surface area contributed by atoms with Crippen LogP contribution in [0, 0.1) is 31.6 Å². The van der Waals surface area contributed by atoms with E-state index in [4.69, 9.17) is 0 Å². The van der Waals surface area contributed by atoms with Gasteiger partial charge >= 0.3 is 11.9 Å². The summed E-state index contributed by atoms with van der Waals surface area (Å²) < 4.78 is 0. The minimum Gasteiger partial charge on any atom is -0.481 e. The van der Waals surface area contributed by atoms with Gasteiger partial charge < -0.3 is 10.2 Å². The average molecular weight is 433 g/mol. The summed E-state index contributed by atoms with van der Waals surface area (Å²) in [6.07, 6.45) is 9.74. The Hall–Kier alpha value is -1.84. The van der Waals surface area contributed by atoms with Crippen LogP contribution in [0.4, 0.5) is 0 Å². The summed E-state index contributed by atoms with van der Waals surface area (Å²) in [5, 5.41) is 18.5. The highest BCUT2D eigenvalue weighted by molar-refractivity contribution is 5.73. The van der Waals surface area contributed by atoms with Crippen molar-refractivity contribution in [3.8, 4) is 0 Å². The third kappa shape index (κ3) is 8.31. The zero-order valence-electron chi connectivity index (χ0n) is 20.9. The van der Waals surface area contributed by atoms with Crippen molar-refractivity contribution in [3.63, 3.8) is 0 Å². The molecule has 0 saturated carbocycles. The second-order valence-electron chi connectivity index (χ2n) is 10.6. The van der Waals surface area contributed by atoms with Crippen LogP contribution in [0.25, 0.3) is 0 Å². The first kappa shape index (κ1) is 27.2. The highest BCUT2D eigenvalue weighted by atomic mass is 16.4. The van der Waals surface area contributed by atoms with Crippen LogP contribution in [0.2, 0.25) is 0 Å². The average Bonchev–Trinajstić information content (AvgIpc) is 2.67. The van der Waals surface area contributed by atoms with E-state index in [1.165, 1.54) is 27.8 Å². The molecular formula is C27H44O4. The summed E-state index contributed by atoms with van der Waals surface area (Å²) >= 11 is 0. The Morgan fingerprint density at radius 3 is 1.68 bits per heavy atom. The van der Waals surface area contributed by atoms with Crippen LogP contribution < -0.4 is 0 Å². The Morgan fingerprint density at radius 2 is 1.16 bits per heavy atom. The lowest BCUT2D eigenvalue weighted by Crippen LogP contribution is -2.23. The molecule has 1 aromatic rings. The molecule has 4 nitrogen and oxygen atoms in total. The summed E-state index contributed by atoms with van der Waals surface area (Å²) in [7, 11) is 0. The van der Waals surface area contributed by atoms with Gasteiger partial charge in [0.15, 0.2) is 0 Å². The predicted octanol–water partition coefficient (Wildman–Crippen LogP) is 7.04. The molecule has 0 bridgehead atoms. The van der Waals surface area contributed by atoms with Crippen LogP contribution in [0.5, 0.6) is 0 Å². The largest absolute Gasteiger partial charge is 0.481 e. The lowest BCUT2D eigenvalue weighted by Gasteiger charge is -2.20. The van der Waals surface area contributed by atoms with Crippen molar-refractivity contribution >= 4 is 11.9 Å². The highest BCUT2D eigenvalue weighted by Gasteiger charge is 2.26. The third-order valence-electron chi connectivity index (χ3n) is 7.00. The summed E-state index contributed by atoms with van der Waals surface area (Å²) in [5.41, 5.74) is 5.71. The zero-order valence-corrected chi connectivity index (χ0v) is 20.9. The van der Waals surface area contributed by atoms with Gasteiger partial charge in [0.1, 0.15) is 0 Å². The molecule has 0 spiro atoms. The Kier molecular flexibility index (Phi) is 10.3. The fourth-order valence-electron chi connectivity index (χ4n) is 4.14. The molecule has 0 radical (unpaired) electrons. The molecule has 0 fully saturated rings. The molecule has 0 saturated heterocycles. The van der Waals surface area contributed by atoms with Gasteiger partial charge in [0, 0.05) is 0 Å². The van der Waals surface area contributed by atoms with Crippen molar-refractivity contribution in [2.45, 2.75) is 113 Å². The maximum Gasteiger partial charge on any atom is 0.309 e. The molecule has 31 heavy (non-hydrogen) atoms. The van der Waals surface area contributed by atoms with Crippen LogP contribution in [0.3, 0.4) is 0 Å². The van der Waals surface area contributed by atoms with Gasteiger partial charge in [-0.05, 0) is 115 Å². The lowest BCUT2D eigenvalue weighted by molar-refractivity contribution is -0.148. The maximum atomic E-state index is 11.3. The topological polar surface area (TPSA) is 74.6 Å². The van der Waals surface area contributed by atoms with Gasteiger partial charge in [-0.25, -0.2) is 0 Å². The van der Waals surface area contributed by atoms with E-state index in [1.807, 2.05) is 0 Å². The molecule has 0 aliphatic heterocycles. The van der Waals surface area contributed by atoms with Crippen molar-refractivity contribution in [1.82, 2.24) is 0 Å². The van der Waals surface area contributed by atoms with E-state index in [2.05, 4.69) is 26.8 Å². The smallest absolute Gasteiger partial charge is 0.309 e. The molecular weight excluding hydrogens is 388 g/mol. The second kappa shape index (κ2) is 11.7. The van der Waals surface area contributed by atoms with Gasteiger partial charge in [-0.2, -0.15) is 0 Å². The van der Waals surface area contributed by atoms with E-state index in [1.54, 1.807) is 27.7 Å². The highest BCUT2D eigenvalue weighted by Crippen LogP contribution is 2.28. The van der Waals surface area contributed by atoms with E-state index in [0.29, 0.717) is 6.42 Å². The minimum atomic E-state index is -0.719. The van der Waals surface area contributed by atoms with Crippen LogP contribution in [-0.2, 0) is 22.4 Å². The quantitative estimate of drug-likeness (QED) is 0.309. The van der Waals surface area contributed by atoms with E-state index < -0.39 is 22.8 Å². The molecule has 176 valence electrons. The van der Waals surface area contributed by atoms with Gasteiger partial charge in [-0.1, -0.05) is 31.7 Å². The standard InChI is InChI=1S/C27H44O4/c1-19-18-22(14-11-13-17-27(6,7)25(30)31)21(3)23(20(19)2)15-10-8-9-12-16-26(4,5)24(28)29/h18H,8-17H2,1-7H3,(H,28,29)(H,30,31). The van der Waals surface area contributed by atoms with Crippen molar-refractivity contribution in [1.29, 1.82) is 0 Å². The molecule has 0 atom stereocenters. The van der Waals surface area contributed by atoms with Gasteiger partial charge in [-0.3, -0.25) is 9.59 Å². The Labute approximate surface area is 189 Å². The Balaban J connectivity index is 2.59. The van der Waals surface area contributed by atoms with E-state index >= 15 is 0 Å². The predicted molar refractivity (Wildman–Crippen MR) is 128 cm³/mol. The normalized spacial score (nSPS) is 12.2. The monoisotopic (exact) mass is 432 g/mol. The van der Waals surface area contributed by atoms with E-state index in [9.17, 15) is 19.8 Å². The number of aryl methyl sites for hydroxylation is 2.